The first-order chi connectivity index (χ1) is 12.1. The molecule has 0 radical (unpaired) electrons. The van der Waals surface area contributed by atoms with Gasteiger partial charge in [-0.3, -0.25) is 14.6 Å². The quantitative estimate of drug-likeness (QED) is 0.296. The fraction of sp³-hybridized carbons (Fsp3) is 0.500. The van der Waals surface area contributed by atoms with E-state index in [1.165, 1.54) is 0 Å². The Balaban J connectivity index is 0.00000338. The Morgan fingerprint density at radius 1 is 1.31 bits per heavy atom. The summed E-state index contributed by atoms with van der Waals surface area (Å²) in [7, 11) is 1.67. The lowest BCUT2D eigenvalue weighted by atomic mass is 9.98. The van der Waals surface area contributed by atoms with Crippen molar-refractivity contribution in [1.82, 2.24) is 10.2 Å². The molecule has 0 aromatic heterocycles. The molecule has 2 N–H and O–H groups in total. The Morgan fingerprint density at radius 3 is 2.69 bits per heavy atom. The first-order valence-electron chi connectivity index (χ1n) is 8.61. The molecular formula is C18H27IN4O3. The third-order valence-electron chi connectivity index (χ3n) is 4.02. The van der Waals surface area contributed by atoms with Gasteiger partial charge in [0.2, 0.25) is 5.91 Å². The molecule has 1 amide bonds. The second kappa shape index (κ2) is 11.7. The summed E-state index contributed by atoms with van der Waals surface area (Å²) in [6.07, 6.45) is 1.71. The van der Waals surface area contributed by atoms with Crippen LogP contribution in [0.4, 0.5) is 5.69 Å². The first-order valence-corrected chi connectivity index (χ1v) is 8.61. The Morgan fingerprint density at radius 2 is 2.04 bits per heavy atom. The highest BCUT2D eigenvalue weighted by Gasteiger charge is 2.28. The summed E-state index contributed by atoms with van der Waals surface area (Å²) >= 11 is 0. The summed E-state index contributed by atoms with van der Waals surface area (Å²) < 4.78 is 5.12. The van der Waals surface area contributed by atoms with Crippen molar-refractivity contribution in [2.75, 3.05) is 38.6 Å². The second-order valence-electron chi connectivity index (χ2n) is 5.85. The van der Waals surface area contributed by atoms with Crippen LogP contribution < -0.4 is 10.6 Å². The lowest BCUT2D eigenvalue weighted by molar-refractivity contribution is -0.149. The van der Waals surface area contributed by atoms with Crippen LogP contribution in [0.25, 0.3) is 0 Å². The summed E-state index contributed by atoms with van der Waals surface area (Å²) in [5.74, 6) is 0.165. The number of rotatable bonds is 5. The van der Waals surface area contributed by atoms with Crippen LogP contribution in [-0.4, -0.2) is 56.0 Å². The van der Waals surface area contributed by atoms with E-state index >= 15 is 0 Å². The topological polar surface area (TPSA) is 83.0 Å². The predicted molar refractivity (Wildman–Crippen MR) is 113 cm³/mol. The number of nitrogens with one attached hydrogen (secondary N) is 2. The number of benzene rings is 1. The molecule has 0 spiro atoms. The van der Waals surface area contributed by atoms with Gasteiger partial charge in [-0.15, -0.1) is 24.0 Å². The van der Waals surface area contributed by atoms with Crippen molar-refractivity contribution in [3.63, 3.8) is 0 Å². The predicted octanol–water partition coefficient (Wildman–Crippen LogP) is 2.09. The van der Waals surface area contributed by atoms with Gasteiger partial charge < -0.3 is 20.3 Å². The third-order valence-corrected chi connectivity index (χ3v) is 4.02. The van der Waals surface area contributed by atoms with Crippen molar-refractivity contribution >= 4 is 47.5 Å². The van der Waals surface area contributed by atoms with E-state index in [1.807, 2.05) is 42.2 Å². The number of ether oxygens (including phenoxy) is 1. The molecule has 1 saturated heterocycles. The van der Waals surface area contributed by atoms with Gasteiger partial charge in [-0.1, -0.05) is 18.2 Å². The normalized spacial score (nSPS) is 17.1. The highest BCUT2D eigenvalue weighted by Crippen LogP contribution is 2.18. The number of piperidine rings is 1. The standard InChI is InChI=1S/C18H26N4O3.HI/c1-3-25-17(24)14-8-7-11-22(13-14)18(19-2)20-12-16(23)21-15-9-5-4-6-10-15;/h4-6,9-10,14H,3,7-8,11-13H2,1-2H3,(H,19,20)(H,21,23);1H. The zero-order valence-electron chi connectivity index (χ0n) is 15.2. The molecule has 1 unspecified atom stereocenters. The van der Waals surface area contributed by atoms with E-state index in [0.29, 0.717) is 19.1 Å². The molecule has 8 heteroatoms. The van der Waals surface area contributed by atoms with Crippen LogP contribution in [-0.2, 0) is 14.3 Å². The van der Waals surface area contributed by atoms with Gasteiger partial charge in [-0.2, -0.15) is 0 Å². The number of likely N-dealkylation sites (tertiary alicyclic amines) is 1. The van der Waals surface area contributed by atoms with Gasteiger partial charge in [-0.25, -0.2) is 0 Å². The number of guanidine groups is 1. The molecule has 7 nitrogen and oxygen atoms in total. The molecule has 1 aliphatic heterocycles. The van der Waals surface area contributed by atoms with Gasteiger partial charge in [0.15, 0.2) is 5.96 Å². The van der Waals surface area contributed by atoms with Gasteiger partial charge >= 0.3 is 5.97 Å². The van der Waals surface area contributed by atoms with E-state index in [2.05, 4.69) is 15.6 Å². The molecule has 0 aliphatic carbocycles. The number of hydrogen-bond acceptors (Lipinski definition) is 4. The molecule has 1 aliphatic rings. The summed E-state index contributed by atoms with van der Waals surface area (Å²) in [6.45, 7) is 3.67. The SMILES string of the molecule is CCOC(=O)C1CCCN(C(=NC)NCC(=O)Nc2ccccc2)C1.I. The van der Waals surface area contributed by atoms with Crippen molar-refractivity contribution in [2.24, 2.45) is 10.9 Å². The molecule has 26 heavy (non-hydrogen) atoms. The Kier molecular flexibility index (Phi) is 10.0. The van der Waals surface area contributed by atoms with Crippen molar-refractivity contribution in [3.05, 3.63) is 30.3 Å². The smallest absolute Gasteiger partial charge is 0.310 e. The van der Waals surface area contributed by atoms with Crippen LogP contribution in [0.3, 0.4) is 0 Å². The highest BCUT2D eigenvalue weighted by molar-refractivity contribution is 14.0. The number of hydrogen-bond donors (Lipinski definition) is 2. The van der Waals surface area contributed by atoms with Gasteiger partial charge in [0.1, 0.15) is 0 Å². The van der Waals surface area contributed by atoms with Gasteiger partial charge in [0.25, 0.3) is 0 Å². The number of amides is 1. The van der Waals surface area contributed by atoms with Crippen LogP contribution in [0, 0.1) is 5.92 Å². The number of para-hydroxylation sites is 1. The molecule has 1 heterocycles. The molecular weight excluding hydrogens is 447 g/mol. The lowest BCUT2D eigenvalue weighted by Crippen LogP contribution is -2.49. The van der Waals surface area contributed by atoms with E-state index in [-0.39, 0.29) is 48.3 Å². The molecule has 144 valence electrons. The fourth-order valence-electron chi connectivity index (χ4n) is 2.84. The minimum atomic E-state index is -0.163. The van der Waals surface area contributed by atoms with Crippen molar-refractivity contribution in [1.29, 1.82) is 0 Å². The first kappa shape index (κ1) is 22.2. The lowest BCUT2D eigenvalue weighted by Gasteiger charge is -2.33. The molecule has 1 aromatic carbocycles. The third kappa shape index (κ3) is 6.81. The molecule has 0 saturated carbocycles. The zero-order valence-corrected chi connectivity index (χ0v) is 17.6. The average Bonchev–Trinajstić information content (AvgIpc) is 2.63. The van der Waals surface area contributed by atoms with Crippen LogP contribution in [0.15, 0.2) is 35.3 Å². The Labute approximate surface area is 171 Å². The number of anilines is 1. The highest BCUT2D eigenvalue weighted by atomic mass is 127. The molecule has 1 fully saturated rings. The van der Waals surface area contributed by atoms with Crippen molar-refractivity contribution in [2.45, 2.75) is 19.8 Å². The minimum absolute atomic E-state index is 0. The molecule has 1 atom stereocenters. The number of carbonyl (C=O) groups excluding carboxylic acids is 2. The fourth-order valence-corrected chi connectivity index (χ4v) is 2.84. The van der Waals surface area contributed by atoms with E-state index in [0.717, 1.165) is 25.1 Å². The summed E-state index contributed by atoms with van der Waals surface area (Å²) in [6, 6.07) is 9.30. The molecule has 0 bridgehead atoms. The van der Waals surface area contributed by atoms with Crippen LogP contribution in [0.2, 0.25) is 0 Å². The van der Waals surface area contributed by atoms with E-state index in [4.69, 9.17) is 4.74 Å². The Bertz CT molecular complexity index is 610. The maximum Gasteiger partial charge on any atom is 0.310 e. The van der Waals surface area contributed by atoms with Gasteiger partial charge in [0.05, 0.1) is 19.1 Å². The summed E-state index contributed by atoms with van der Waals surface area (Å²) in [5, 5.41) is 5.88. The van der Waals surface area contributed by atoms with E-state index < -0.39 is 0 Å². The zero-order chi connectivity index (χ0) is 18.1. The number of halogens is 1. The molecule has 2 rings (SSSR count). The maximum atomic E-state index is 12.1. The van der Waals surface area contributed by atoms with Gasteiger partial charge in [0, 0.05) is 25.8 Å². The second-order valence-corrected chi connectivity index (χ2v) is 5.85. The summed E-state index contributed by atoms with van der Waals surface area (Å²) in [4.78, 5) is 30.2. The number of nitrogens with zero attached hydrogens (tertiary/aromatic N) is 2. The average molecular weight is 474 g/mol. The monoisotopic (exact) mass is 474 g/mol. The number of esters is 1. The maximum absolute atomic E-state index is 12.1. The van der Waals surface area contributed by atoms with E-state index in [1.54, 1.807) is 7.05 Å². The minimum Gasteiger partial charge on any atom is -0.466 e. The van der Waals surface area contributed by atoms with Crippen LogP contribution >= 0.6 is 24.0 Å². The van der Waals surface area contributed by atoms with Crippen molar-refractivity contribution in [3.8, 4) is 0 Å². The van der Waals surface area contributed by atoms with Crippen LogP contribution in [0.5, 0.6) is 0 Å². The van der Waals surface area contributed by atoms with Gasteiger partial charge in [-0.05, 0) is 31.9 Å². The van der Waals surface area contributed by atoms with Crippen LogP contribution in [0.1, 0.15) is 19.8 Å². The summed E-state index contributed by atoms with van der Waals surface area (Å²) in [5.41, 5.74) is 0.754. The molecule has 1 aromatic rings. The number of aliphatic imine (C=N–C) groups is 1. The Hall–Kier alpha value is -1.84. The largest absolute Gasteiger partial charge is 0.466 e. The number of carbonyl (C=O) groups is 2. The van der Waals surface area contributed by atoms with Crippen molar-refractivity contribution < 1.29 is 14.3 Å². The van der Waals surface area contributed by atoms with E-state index in [9.17, 15) is 9.59 Å².